The summed E-state index contributed by atoms with van der Waals surface area (Å²) >= 11 is 4.68. The number of aromatic nitrogens is 3. The molecule has 0 unspecified atom stereocenters. The van der Waals surface area contributed by atoms with Gasteiger partial charge in [-0.05, 0) is 96.0 Å². The van der Waals surface area contributed by atoms with Gasteiger partial charge in [-0.1, -0.05) is 36.4 Å². The Kier molecular flexibility index (Phi) is 19.9. The van der Waals surface area contributed by atoms with Gasteiger partial charge in [0.15, 0.2) is 0 Å². The van der Waals surface area contributed by atoms with Gasteiger partial charge >= 0.3 is 59.1 Å². The summed E-state index contributed by atoms with van der Waals surface area (Å²) in [7, 11) is 1.62. The van der Waals surface area contributed by atoms with Crippen molar-refractivity contribution in [3.05, 3.63) is 114 Å². The van der Waals surface area contributed by atoms with Crippen molar-refractivity contribution in [1.82, 2.24) is 29.7 Å². The molecule has 0 saturated carbocycles. The van der Waals surface area contributed by atoms with Gasteiger partial charge in [0.05, 0.1) is 70.7 Å². The first-order valence-corrected chi connectivity index (χ1v) is 19.1. The summed E-state index contributed by atoms with van der Waals surface area (Å²) in [6, 6.07) is 30.5. The fraction of sp³-hybridized carbons (Fsp3) is 0.302. The van der Waals surface area contributed by atoms with Crippen LogP contribution in [0.5, 0.6) is 5.75 Å². The number of hydrogen-bond acceptors (Lipinski definition) is 14. The molecule has 0 amide bonds. The Morgan fingerprint density at radius 3 is 1.76 bits per heavy atom. The maximum Gasteiger partial charge on any atom is 1.00 e. The van der Waals surface area contributed by atoms with E-state index in [-0.39, 0.29) is 85.3 Å². The third-order valence-corrected chi connectivity index (χ3v) is 9.56. The third kappa shape index (κ3) is 15.0. The second-order valence-electron chi connectivity index (χ2n) is 13.7. The second-order valence-corrected chi connectivity index (χ2v) is 13.8. The number of thiocarbonyl (C=S) groups is 1. The molecule has 13 nitrogen and oxygen atoms in total. The average Bonchev–Trinajstić information content (AvgIpc) is 3.21. The zero-order valence-electron chi connectivity index (χ0n) is 33.7. The van der Waals surface area contributed by atoms with E-state index >= 15 is 0 Å². The molecule has 0 aliphatic carbocycles. The van der Waals surface area contributed by atoms with E-state index in [2.05, 4.69) is 27.3 Å². The predicted octanol–water partition coefficient (Wildman–Crippen LogP) is -2.35. The van der Waals surface area contributed by atoms with Crippen molar-refractivity contribution in [2.45, 2.75) is 26.1 Å². The number of pyridine rings is 3. The van der Waals surface area contributed by atoms with Crippen LogP contribution in [0.4, 0.5) is 5.69 Å². The van der Waals surface area contributed by atoms with Crippen molar-refractivity contribution in [2.75, 3.05) is 59.5 Å². The monoisotopic (exact) mass is 831 g/mol. The summed E-state index contributed by atoms with van der Waals surface area (Å²) in [6.45, 7) is 3.33. The van der Waals surface area contributed by atoms with Gasteiger partial charge in [-0.15, -0.1) is 0 Å². The summed E-state index contributed by atoms with van der Waals surface area (Å²) in [5.74, 6) is -1.65. The number of ether oxygens (including phenoxy) is 2. The van der Waals surface area contributed by atoms with E-state index in [4.69, 9.17) is 24.4 Å². The topological polar surface area (TPSA) is 159 Å². The van der Waals surface area contributed by atoms with E-state index in [1.165, 1.54) is 0 Å². The van der Waals surface area contributed by atoms with Crippen LogP contribution in [0.3, 0.4) is 0 Å². The number of benzene rings is 2. The fourth-order valence-corrected chi connectivity index (χ4v) is 6.72. The molecule has 294 valence electrons. The SMILES string of the molecule is COc1ccc(-c2cc3nc(c2)-c2cccc(n2)CN(CC(=O)[O-])CCN(CCCOCc2ccc(N=C=S)cc2)CCN(CC(=O)[O-])Cc2cccc-3n2)cc1.[Na+].[Na+]. The van der Waals surface area contributed by atoms with E-state index in [1.807, 2.05) is 97.1 Å². The summed E-state index contributed by atoms with van der Waals surface area (Å²) in [6.07, 6.45) is 0.699. The molecule has 1 aliphatic rings. The van der Waals surface area contributed by atoms with Gasteiger partial charge in [0.1, 0.15) is 5.75 Å². The van der Waals surface area contributed by atoms with Crippen LogP contribution in [0, 0.1) is 0 Å². The van der Waals surface area contributed by atoms with Crippen molar-refractivity contribution >= 4 is 35.0 Å². The largest absolute Gasteiger partial charge is 1.00 e. The second kappa shape index (κ2) is 24.5. The van der Waals surface area contributed by atoms with Crippen molar-refractivity contribution in [1.29, 1.82) is 0 Å². The molecule has 2 aromatic carbocycles. The van der Waals surface area contributed by atoms with Crippen molar-refractivity contribution in [3.8, 4) is 39.7 Å². The number of hydrogen-bond donors (Lipinski definition) is 0. The molecule has 5 aromatic rings. The first-order valence-electron chi connectivity index (χ1n) is 18.6. The Balaban J connectivity index is 0.00000384. The Morgan fingerprint density at radius 1 is 0.712 bits per heavy atom. The summed E-state index contributed by atoms with van der Waals surface area (Å²) in [4.78, 5) is 48.6. The first kappa shape index (κ1) is 47.9. The number of carbonyl (C=O) groups is 2. The van der Waals surface area contributed by atoms with Crippen LogP contribution >= 0.6 is 12.2 Å². The first-order chi connectivity index (χ1) is 27.7. The number of aliphatic imine (C=N–C) groups is 1. The fourth-order valence-electron chi connectivity index (χ4n) is 6.62. The van der Waals surface area contributed by atoms with Gasteiger partial charge in [0, 0.05) is 65.5 Å². The van der Waals surface area contributed by atoms with Crippen molar-refractivity contribution in [2.24, 2.45) is 4.99 Å². The van der Waals surface area contributed by atoms with E-state index in [9.17, 15) is 19.8 Å². The van der Waals surface area contributed by atoms with Crippen LogP contribution in [-0.4, -0.2) is 106 Å². The van der Waals surface area contributed by atoms with E-state index < -0.39 is 11.9 Å². The molecule has 6 bridgehead atoms. The smallest absolute Gasteiger partial charge is 0.549 e. The molecule has 59 heavy (non-hydrogen) atoms. The van der Waals surface area contributed by atoms with Crippen LogP contribution in [-0.2, 0) is 34.0 Å². The van der Waals surface area contributed by atoms with Crippen LogP contribution < -0.4 is 74.1 Å². The maximum absolute atomic E-state index is 12.0. The van der Waals surface area contributed by atoms with Crippen molar-refractivity contribution < 1.29 is 88.4 Å². The molecule has 6 rings (SSSR count). The minimum absolute atomic E-state index is 0. The molecule has 4 heterocycles. The minimum Gasteiger partial charge on any atom is -0.549 e. The Hall–Kier alpha value is -3.73. The predicted molar refractivity (Wildman–Crippen MR) is 215 cm³/mol. The van der Waals surface area contributed by atoms with Gasteiger partial charge in [-0.25, -0.2) is 15.0 Å². The number of nitrogens with zero attached hydrogens (tertiary/aromatic N) is 7. The summed E-state index contributed by atoms with van der Waals surface area (Å²) in [5.41, 5.74) is 7.38. The molecule has 3 aromatic heterocycles. The Labute approximate surface area is 394 Å². The van der Waals surface area contributed by atoms with E-state index in [0.717, 1.165) is 28.1 Å². The van der Waals surface area contributed by atoms with Gasteiger partial charge in [-0.2, -0.15) is 4.99 Å². The molecule has 0 spiro atoms. The minimum atomic E-state index is -1.19. The maximum atomic E-state index is 12.0. The van der Waals surface area contributed by atoms with Crippen molar-refractivity contribution in [3.63, 3.8) is 0 Å². The summed E-state index contributed by atoms with van der Waals surface area (Å²) in [5, 5.41) is 26.3. The van der Waals surface area contributed by atoms with Gasteiger partial charge in [0.25, 0.3) is 0 Å². The molecular formula is C43H43N7Na2O6S. The summed E-state index contributed by atoms with van der Waals surface area (Å²) < 4.78 is 11.3. The zero-order chi connectivity index (χ0) is 40.0. The molecule has 16 heteroatoms. The molecule has 0 radical (unpaired) electrons. The quantitative estimate of drug-likeness (QED) is 0.0538. The zero-order valence-corrected chi connectivity index (χ0v) is 38.5. The van der Waals surface area contributed by atoms with Gasteiger partial charge in [0.2, 0.25) is 0 Å². The number of fused-ring (bicyclic) bond motifs is 8. The van der Waals surface area contributed by atoms with Crippen LogP contribution in [0.25, 0.3) is 33.9 Å². The number of carboxylic acids is 2. The molecule has 0 N–H and O–H groups in total. The molecule has 1 aliphatic heterocycles. The van der Waals surface area contributed by atoms with Gasteiger partial charge in [-0.3, -0.25) is 9.80 Å². The van der Waals surface area contributed by atoms with Gasteiger partial charge < -0.3 is 34.2 Å². The number of carbonyl (C=O) groups excluding carboxylic acids is 2. The van der Waals surface area contributed by atoms with E-state index in [0.29, 0.717) is 86.5 Å². The molecule has 0 atom stereocenters. The van der Waals surface area contributed by atoms with Crippen LogP contribution in [0.1, 0.15) is 23.4 Å². The van der Waals surface area contributed by atoms with Crippen LogP contribution in [0.2, 0.25) is 0 Å². The number of carboxylic acid groups (broad SMARTS) is 2. The standard InChI is InChI=1S/C43H45N7O6S.2Na/c1-55-37-15-11-32(12-16-37)33-23-40-38-7-2-5-35(45-38)25-49(27-42(51)52)20-18-48(17-4-22-56-29-31-9-13-34(14-10-31)44-30-57)19-21-50(28-43(53)54)26-36-6-3-8-39(46-36)41(24-33)47-40;;/h2-3,5-16,23-24H,4,17-22,25-29H2,1H3,(H,51,52)(H,53,54);;/q;2*+1/p-2. The average molecular weight is 832 g/mol. The number of aliphatic carboxylic acids is 2. The number of rotatable bonds is 13. The number of isothiocyanates is 1. The van der Waals surface area contributed by atoms with Crippen LogP contribution in [0.15, 0.2) is 102 Å². The third-order valence-electron chi connectivity index (χ3n) is 9.47. The van der Waals surface area contributed by atoms with E-state index in [1.54, 1.807) is 16.9 Å². The number of methoxy groups -OCH3 is 1. The normalized spacial score (nSPS) is 13.7. The Bertz CT molecular complexity index is 2100. The molecular weight excluding hydrogens is 789 g/mol. The Morgan fingerprint density at radius 2 is 1.25 bits per heavy atom. The molecule has 0 saturated heterocycles. The molecule has 0 fully saturated rings.